The summed E-state index contributed by atoms with van der Waals surface area (Å²) in [5.41, 5.74) is 11.4. The summed E-state index contributed by atoms with van der Waals surface area (Å²) in [7, 11) is 0. The maximum Gasteiger partial charge on any atom is 0.159 e. The van der Waals surface area contributed by atoms with Crippen molar-refractivity contribution >= 4 is 132 Å². The Morgan fingerprint density at radius 1 is 0.333 bits per heavy atom. The highest BCUT2D eigenvalue weighted by Crippen LogP contribution is 2.51. The van der Waals surface area contributed by atoms with Crippen molar-refractivity contribution in [3.63, 3.8) is 0 Å². The van der Waals surface area contributed by atoms with Gasteiger partial charge < -0.3 is 8.83 Å². The van der Waals surface area contributed by atoms with Gasteiger partial charge in [0.05, 0.1) is 33.8 Å². The van der Waals surface area contributed by atoms with Gasteiger partial charge >= 0.3 is 0 Å². The summed E-state index contributed by atoms with van der Waals surface area (Å²) in [6.45, 7) is 4.45. The zero-order valence-corrected chi connectivity index (χ0v) is 36.1. The van der Waals surface area contributed by atoms with Crippen LogP contribution in [0, 0.1) is 13.8 Å². The van der Waals surface area contributed by atoms with Gasteiger partial charge in [0, 0.05) is 43.1 Å². The van der Waals surface area contributed by atoms with Gasteiger partial charge in [-0.25, -0.2) is 9.97 Å². The zero-order chi connectivity index (χ0) is 43.6. The molecule has 310 valence electrons. The molecule has 14 aromatic rings. The van der Waals surface area contributed by atoms with E-state index in [1.807, 2.05) is 24.3 Å². The number of hydrogen-bond donors (Lipinski definition) is 0. The first-order valence-corrected chi connectivity index (χ1v) is 22.4. The number of hydrogen-bond acceptors (Lipinski definition) is 6. The lowest BCUT2D eigenvalue weighted by atomic mass is 9.88. The average Bonchev–Trinajstić information content (AvgIpc) is 3.94. The number of rotatable bonds is 6. The number of pyridine rings is 2. The fourth-order valence-corrected chi connectivity index (χ4v) is 10.6. The number of aromatic nitrogens is 2. The van der Waals surface area contributed by atoms with Crippen LogP contribution in [0.2, 0.25) is 0 Å². The third-order valence-electron chi connectivity index (χ3n) is 13.6. The van der Waals surface area contributed by atoms with Crippen molar-refractivity contribution < 1.29 is 8.83 Å². The van der Waals surface area contributed by atoms with E-state index in [-0.39, 0.29) is 0 Å². The molecule has 0 aliphatic carbocycles. The van der Waals surface area contributed by atoms with Crippen LogP contribution in [0.5, 0.6) is 0 Å². The molecule has 0 bridgehead atoms. The lowest BCUT2D eigenvalue weighted by Gasteiger charge is -2.29. The number of aryl methyl sites for hydroxylation is 2. The minimum atomic E-state index is 0.806. The topological polar surface area (TPSA) is 58.5 Å². The van der Waals surface area contributed by atoms with Crippen molar-refractivity contribution in [2.75, 3.05) is 9.80 Å². The fraction of sp³-hybridized carbons (Fsp3) is 0.0333. The van der Waals surface area contributed by atoms with E-state index in [1.165, 1.54) is 21.5 Å². The Kier molecular flexibility index (Phi) is 7.72. The molecule has 0 saturated carbocycles. The Hall–Kier alpha value is -8.74. The van der Waals surface area contributed by atoms with E-state index in [2.05, 4.69) is 194 Å². The molecule has 0 fully saturated rings. The van der Waals surface area contributed by atoms with Crippen molar-refractivity contribution in [3.8, 4) is 0 Å². The van der Waals surface area contributed by atoms with Crippen molar-refractivity contribution in [2.45, 2.75) is 13.8 Å². The molecule has 0 N–H and O–H groups in total. The summed E-state index contributed by atoms with van der Waals surface area (Å²) in [4.78, 5) is 15.3. The van der Waals surface area contributed by atoms with Crippen LogP contribution in [0.25, 0.3) is 98.0 Å². The van der Waals surface area contributed by atoms with Gasteiger partial charge in [-0.1, -0.05) is 121 Å². The van der Waals surface area contributed by atoms with Crippen LogP contribution >= 0.6 is 0 Å². The number of nitrogens with zero attached hydrogens (tertiary/aromatic N) is 4. The quantitative estimate of drug-likeness (QED) is 0.155. The van der Waals surface area contributed by atoms with Crippen LogP contribution in [0.1, 0.15) is 11.1 Å². The predicted molar refractivity (Wildman–Crippen MR) is 274 cm³/mol. The molecule has 4 heterocycles. The highest BCUT2D eigenvalue weighted by atomic mass is 16.3. The van der Waals surface area contributed by atoms with Gasteiger partial charge in [-0.15, -0.1) is 0 Å². The summed E-state index contributed by atoms with van der Waals surface area (Å²) in [6, 6.07) is 68.5. The number of anilines is 6. The molecule has 0 unspecified atom stereocenters. The molecule has 4 aromatic heterocycles. The van der Waals surface area contributed by atoms with Crippen LogP contribution in [-0.2, 0) is 0 Å². The van der Waals surface area contributed by atoms with Gasteiger partial charge in [0.2, 0.25) is 0 Å². The maximum atomic E-state index is 6.78. The van der Waals surface area contributed by atoms with Crippen molar-refractivity contribution in [1.82, 2.24) is 9.97 Å². The van der Waals surface area contributed by atoms with Crippen molar-refractivity contribution in [2.24, 2.45) is 0 Å². The third kappa shape index (κ3) is 5.30. The Morgan fingerprint density at radius 2 is 0.742 bits per heavy atom. The Labute approximate surface area is 378 Å². The molecule has 6 heteroatoms. The summed E-state index contributed by atoms with van der Waals surface area (Å²) in [5, 5.41) is 13.5. The molecule has 0 aliphatic heterocycles. The molecule has 0 spiro atoms. The van der Waals surface area contributed by atoms with E-state index >= 15 is 0 Å². The summed E-state index contributed by atoms with van der Waals surface area (Å²) >= 11 is 0. The van der Waals surface area contributed by atoms with Gasteiger partial charge in [-0.3, -0.25) is 9.80 Å². The molecular weight excluding hydrogens is 809 g/mol. The minimum Gasteiger partial charge on any atom is -0.454 e. The standard InChI is InChI=1S/C60H38N4O2/c1-35-33-51(63(55-31-25-37-13-3-7-19-47(37)61-55)49-21-11-17-43-41-15-5-9-23-53(41)65-59(43)49)45-30-28-40-36(2)34-52(46-29-27-39(35)57(45)58(40)46)64(56-32-26-38-14-4-8-20-48(38)62-56)50-22-12-18-44-42-16-6-10-24-54(42)66-60(44)50/h3-34H,1-2H3. The Bertz CT molecular complexity index is 4020. The van der Waals surface area contributed by atoms with Crippen LogP contribution in [-0.4, -0.2) is 9.97 Å². The average molecular weight is 847 g/mol. The molecule has 0 aliphatic rings. The van der Waals surface area contributed by atoms with Crippen LogP contribution in [0.4, 0.5) is 34.4 Å². The number of fused-ring (bicyclic) bond motifs is 8. The highest BCUT2D eigenvalue weighted by molar-refractivity contribution is 6.30. The normalized spacial score (nSPS) is 12.1. The minimum absolute atomic E-state index is 0.806. The van der Waals surface area contributed by atoms with Crippen LogP contribution in [0.15, 0.2) is 203 Å². The van der Waals surface area contributed by atoms with Crippen LogP contribution in [0.3, 0.4) is 0 Å². The summed E-state index contributed by atoms with van der Waals surface area (Å²) in [5.74, 6) is 1.61. The second kappa shape index (κ2) is 13.9. The SMILES string of the molecule is Cc1cc(N(c2ccc3ccccc3n2)c2cccc3c2oc2ccccc23)c2ccc3c(C)cc(N(c4ccc5ccccc5n4)c4cccc5c4oc4ccccc45)c4ccc1c2c34. The van der Waals surface area contributed by atoms with Gasteiger partial charge in [0.25, 0.3) is 0 Å². The first kappa shape index (κ1) is 36.7. The molecule has 0 saturated heterocycles. The second-order valence-corrected chi connectivity index (χ2v) is 17.4. The van der Waals surface area contributed by atoms with E-state index in [0.717, 1.165) is 122 Å². The molecule has 0 atom stereocenters. The zero-order valence-electron chi connectivity index (χ0n) is 36.1. The molecule has 14 rings (SSSR count). The Balaban J connectivity index is 1.08. The molecule has 10 aromatic carbocycles. The number of benzene rings is 10. The van der Waals surface area contributed by atoms with Gasteiger partial charge in [0.15, 0.2) is 11.2 Å². The molecule has 66 heavy (non-hydrogen) atoms. The van der Waals surface area contributed by atoms with Crippen molar-refractivity contribution in [3.05, 3.63) is 205 Å². The lowest BCUT2D eigenvalue weighted by Crippen LogP contribution is -2.14. The second-order valence-electron chi connectivity index (χ2n) is 17.4. The summed E-state index contributed by atoms with van der Waals surface area (Å²) < 4.78 is 13.6. The van der Waals surface area contributed by atoms with Crippen LogP contribution < -0.4 is 9.80 Å². The molecule has 0 radical (unpaired) electrons. The molecule has 6 nitrogen and oxygen atoms in total. The summed E-state index contributed by atoms with van der Waals surface area (Å²) in [6.07, 6.45) is 0. The van der Waals surface area contributed by atoms with Crippen molar-refractivity contribution in [1.29, 1.82) is 0 Å². The Morgan fingerprint density at radius 3 is 1.23 bits per heavy atom. The largest absolute Gasteiger partial charge is 0.454 e. The number of para-hydroxylation sites is 6. The van der Waals surface area contributed by atoms with Gasteiger partial charge in [-0.05, 0) is 119 Å². The predicted octanol–water partition coefficient (Wildman–Crippen LogP) is 17.0. The van der Waals surface area contributed by atoms with Gasteiger partial charge in [-0.2, -0.15) is 0 Å². The third-order valence-corrected chi connectivity index (χ3v) is 13.6. The van der Waals surface area contributed by atoms with E-state index in [4.69, 9.17) is 18.8 Å². The first-order valence-electron chi connectivity index (χ1n) is 22.4. The fourth-order valence-electron chi connectivity index (χ4n) is 10.6. The molecular formula is C60H38N4O2. The van der Waals surface area contributed by atoms with E-state index < -0.39 is 0 Å². The lowest BCUT2D eigenvalue weighted by molar-refractivity contribution is 0.668. The number of furan rings is 2. The molecule has 0 amide bonds. The van der Waals surface area contributed by atoms with Gasteiger partial charge in [0.1, 0.15) is 22.8 Å². The smallest absolute Gasteiger partial charge is 0.159 e. The van der Waals surface area contributed by atoms with E-state index in [1.54, 1.807) is 0 Å². The highest BCUT2D eigenvalue weighted by Gasteiger charge is 2.28. The van der Waals surface area contributed by atoms with E-state index in [9.17, 15) is 0 Å². The van der Waals surface area contributed by atoms with E-state index in [0.29, 0.717) is 0 Å². The maximum absolute atomic E-state index is 6.78. The monoisotopic (exact) mass is 846 g/mol. The first-order chi connectivity index (χ1) is 32.6.